The minimum atomic E-state index is 0.466. The Labute approximate surface area is 141 Å². The Hall–Kier alpha value is -2.60. The number of nitrogen functional groups attached to an aromatic ring is 1. The molecule has 6 nitrogen and oxygen atoms in total. The number of rotatable bonds is 3. The molecule has 0 unspecified atom stereocenters. The molecule has 0 radical (unpaired) electrons. The fourth-order valence-electron chi connectivity index (χ4n) is 3.45. The number of H-pyrrole nitrogens is 1. The molecule has 3 aromatic rings. The van der Waals surface area contributed by atoms with E-state index in [0.29, 0.717) is 6.04 Å². The SMILES string of the molecule is Cc1cc(N[C@H]2CCN(C)C2)c2cc(N)c(-c3ccn[nH]3)cc2n1. The van der Waals surface area contributed by atoms with Crippen LogP contribution < -0.4 is 11.1 Å². The van der Waals surface area contributed by atoms with Crippen molar-refractivity contribution in [3.05, 3.63) is 36.2 Å². The minimum absolute atomic E-state index is 0.466. The third-order valence-corrected chi connectivity index (χ3v) is 4.65. The summed E-state index contributed by atoms with van der Waals surface area (Å²) in [5, 5.41) is 11.7. The number of hydrogen-bond donors (Lipinski definition) is 3. The molecule has 1 fully saturated rings. The molecule has 3 heterocycles. The number of aryl methyl sites for hydroxylation is 1. The number of nitrogens with two attached hydrogens (primary N) is 1. The van der Waals surface area contributed by atoms with Crippen LogP contribution in [0.5, 0.6) is 0 Å². The van der Waals surface area contributed by atoms with Gasteiger partial charge in [-0.25, -0.2) is 0 Å². The van der Waals surface area contributed by atoms with Crippen LogP contribution in [0.1, 0.15) is 12.1 Å². The van der Waals surface area contributed by atoms with Crippen molar-refractivity contribution in [2.75, 3.05) is 31.2 Å². The van der Waals surface area contributed by atoms with E-state index in [1.807, 2.05) is 25.1 Å². The van der Waals surface area contributed by atoms with Gasteiger partial charge in [-0.05, 0) is 51.2 Å². The molecule has 1 atom stereocenters. The molecule has 1 saturated heterocycles. The van der Waals surface area contributed by atoms with Crippen molar-refractivity contribution >= 4 is 22.3 Å². The lowest BCUT2D eigenvalue weighted by Gasteiger charge is -2.17. The molecule has 0 amide bonds. The molecular weight excluding hydrogens is 300 g/mol. The first-order valence-corrected chi connectivity index (χ1v) is 8.26. The van der Waals surface area contributed by atoms with Gasteiger partial charge in [0.15, 0.2) is 0 Å². The molecule has 2 aromatic heterocycles. The molecule has 1 aliphatic heterocycles. The standard InChI is InChI=1S/C18H22N6/c1-11-7-17(22-12-4-6-24(2)10-12)14-8-15(19)13(9-18(14)21-11)16-3-5-20-23-16/h3,5,7-9,12H,4,6,10,19H2,1-2H3,(H,20,23)(H,21,22)/t12-/m0/s1. The average molecular weight is 322 g/mol. The Morgan fingerprint density at radius 3 is 2.92 bits per heavy atom. The third-order valence-electron chi connectivity index (χ3n) is 4.65. The number of aromatic amines is 1. The van der Waals surface area contributed by atoms with E-state index in [1.165, 1.54) is 0 Å². The second-order valence-corrected chi connectivity index (χ2v) is 6.63. The Morgan fingerprint density at radius 1 is 1.33 bits per heavy atom. The number of likely N-dealkylation sites (tertiary alicyclic amines) is 1. The fraction of sp³-hybridized carbons (Fsp3) is 0.333. The summed E-state index contributed by atoms with van der Waals surface area (Å²) in [5.74, 6) is 0. The Bertz CT molecular complexity index is 871. The molecular formula is C18H22N6. The highest BCUT2D eigenvalue weighted by atomic mass is 15.2. The molecule has 124 valence electrons. The number of aromatic nitrogens is 3. The number of likely N-dealkylation sites (N-methyl/N-ethyl adjacent to an activating group) is 1. The molecule has 0 aliphatic carbocycles. The maximum atomic E-state index is 6.30. The van der Waals surface area contributed by atoms with Crippen molar-refractivity contribution in [1.82, 2.24) is 20.1 Å². The second kappa shape index (κ2) is 5.79. The van der Waals surface area contributed by atoms with Crippen LogP contribution in [0.4, 0.5) is 11.4 Å². The average Bonchev–Trinajstić information content (AvgIpc) is 3.19. The van der Waals surface area contributed by atoms with E-state index in [2.05, 4.69) is 33.5 Å². The smallest absolute Gasteiger partial charge is 0.0734 e. The topological polar surface area (TPSA) is 82.9 Å². The third kappa shape index (κ3) is 2.69. The summed E-state index contributed by atoms with van der Waals surface area (Å²) in [6.07, 6.45) is 2.88. The summed E-state index contributed by atoms with van der Waals surface area (Å²) in [6.45, 7) is 4.22. The van der Waals surface area contributed by atoms with Gasteiger partial charge in [-0.1, -0.05) is 0 Å². The molecule has 1 aromatic carbocycles. The molecule has 4 N–H and O–H groups in total. The van der Waals surface area contributed by atoms with Gasteiger partial charge in [0.2, 0.25) is 0 Å². The zero-order valence-electron chi connectivity index (χ0n) is 14.0. The highest BCUT2D eigenvalue weighted by molar-refractivity contribution is 5.98. The maximum Gasteiger partial charge on any atom is 0.0734 e. The molecule has 0 spiro atoms. The monoisotopic (exact) mass is 322 g/mol. The summed E-state index contributed by atoms with van der Waals surface area (Å²) < 4.78 is 0. The van der Waals surface area contributed by atoms with Crippen LogP contribution in [0.15, 0.2) is 30.5 Å². The van der Waals surface area contributed by atoms with Crippen LogP contribution in [0, 0.1) is 6.92 Å². The normalized spacial score (nSPS) is 18.3. The van der Waals surface area contributed by atoms with Crippen molar-refractivity contribution < 1.29 is 0 Å². The first-order valence-electron chi connectivity index (χ1n) is 8.26. The quantitative estimate of drug-likeness (QED) is 0.646. The first kappa shape index (κ1) is 15.0. The predicted octanol–water partition coefficient (Wildman–Crippen LogP) is 2.63. The lowest BCUT2D eigenvalue weighted by molar-refractivity contribution is 0.414. The van der Waals surface area contributed by atoms with Gasteiger partial charge in [-0.2, -0.15) is 5.10 Å². The zero-order valence-corrected chi connectivity index (χ0v) is 14.0. The fourth-order valence-corrected chi connectivity index (χ4v) is 3.45. The Kier molecular flexibility index (Phi) is 3.61. The van der Waals surface area contributed by atoms with E-state index in [4.69, 9.17) is 10.7 Å². The Balaban J connectivity index is 1.78. The van der Waals surface area contributed by atoms with Crippen LogP contribution in [-0.4, -0.2) is 46.3 Å². The summed E-state index contributed by atoms with van der Waals surface area (Å²) in [4.78, 5) is 7.04. The number of nitrogens with zero attached hydrogens (tertiary/aromatic N) is 3. The first-order chi connectivity index (χ1) is 11.6. The lowest BCUT2D eigenvalue weighted by atomic mass is 10.0. The van der Waals surface area contributed by atoms with Crippen molar-refractivity contribution in [1.29, 1.82) is 0 Å². The molecule has 4 rings (SSSR count). The molecule has 0 bridgehead atoms. The number of hydrogen-bond acceptors (Lipinski definition) is 5. The number of fused-ring (bicyclic) bond motifs is 1. The summed E-state index contributed by atoms with van der Waals surface area (Å²) >= 11 is 0. The van der Waals surface area contributed by atoms with Gasteiger partial charge >= 0.3 is 0 Å². The molecule has 1 aliphatic rings. The Morgan fingerprint density at radius 2 is 2.21 bits per heavy atom. The minimum Gasteiger partial charge on any atom is -0.398 e. The van der Waals surface area contributed by atoms with Gasteiger partial charge in [0.25, 0.3) is 0 Å². The summed E-state index contributed by atoms with van der Waals surface area (Å²) in [6, 6.07) is 8.54. The van der Waals surface area contributed by atoms with E-state index in [1.54, 1.807) is 6.20 Å². The van der Waals surface area contributed by atoms with Gasteiger partial charge in [0.1, 0.15) is 0 Å². The van der Waals surface area contributed by atoms with E-state index in [0.717, 1.165) is 58.7 Å². The number of nitrogens with one attached hydrogen (secondary N) is 2. The largest absolute Gasteiger partial charge is 0.398 e. The highest BCUT2D eigenvalue weighted by Crippen LogP contribution is 2.33. The van der Waals surface area contributed by atoms with Crippen molar-refractivity contribution in [2.24, 2.45) is 0 Å². The highest BCUT2D eigenvalue weighted by Gasteiger charge is 2.20. The van der Waals surface area contributed by atoms with Gasteiger partial charge in [0.05, 0.1) is 11.2 Å². The molecule has 0 saturated carbocycles. The van der Waals surface area contributed by atoms with E-state index < -0.39 is 0 Å². The number of benzene rings is 1. The number of anilines is 2. The lowest BCUT2D eigenvalue weighted by Crippen LogP contribution is -2.23. The van der Waals surface area contributed by atoms with Gasteiger partial charge in [-0.3, -0.25) is 10.1 Å². The van der Waals surface area contributed by atoms with Crippen molar-refractivity contribution in [2.45, 2.75) is 19.4 Å². The van der Waals surface area contributed by atoms with Crippen LogP contribution in [-0.2, 0) is 0 Å². The predicted molar refractivity (Wildman–Crippen MR) is 98.0 cm³/mol. The number of pyridine rings is 1. The van der Waals surface area contributed by atoms with E-state index in [9.17, 15) is 0 Å². The summed E-state index contributed by atoms with van der Waals surface area (Å²) in [5.41, 5.74) is 11.9. The van der Waals surface area contributed by atoms with Crippen LogP contribution >= 0.6 is 0 Å². The van der Waals surface area contributed by atoms with Crippen molar-refractivity contribution in [3.8, 4) is 11.3 Å². The van der Waals surface area contributed by atoms with Crippen LogP contribution in [0.3, 0.4) is 0 Å². The second-order valence-electron chi connectivity index (χ2n) is 6.63. The van der Waals surface area contributed by atoms with Crippen molar-refractivity contribution in [3.63, 3.8) is 0 Å². The zero-order chi connectivity index (χ0) is 16.7. The van der Waals surface area contributed by atoms with Gasteiger partial charge in [-0.15, -0.1) is 0 Å². The molecule has 6 heteroatoms. The maximum absolute atomic E-state index is 6.30. The van der Waals surface area contributed by atoms with Crippen LogP contribution in [0.2, 0.25) is 0 Å². The van der Waals surface area contributed by atoms with E-state index in [-0.39, 0.29) is 0 Å². The van der Waals surface area contributed by atoms with Gasteiger partial charge in [0, 0.05) is 46.8 Å². The van der Waals surface area contributed by atoms with Crippen LogP contribution in [0.25, 0.3) is 22.2 Å². The van der Waals surface area contributed by atoms with E-state index >= 15 is 0 Å². The van der Waals surface area contributed by atoms with Gasteiger partial charge < -0.3 is 16.0 Å². The summed E-state index contributed by atoms with van der Waals surface area (Å²) in [7, 11) is 2.16. The molecule has 24 heavy (non-hydrogen) atoms.